The van der Waals surface area contributed by atoms with Gasteiger partial charge in [0, 0.05) is 37.1 Å². The second kappa shape index (κ2) is 9.52. The molecule has 0 aliphatic carbocycles. The Bertz CT molecular complexity index is 1030. The molecule has 31 heavy (non-hydrogen) atoms. The number of nitrogens with zero attached hydrogens (tertiary/aromatic N) is 3. The van der Waals surface area contributed by atoms with Gasteiger partial charge in [0.05, 0.1) is 25.4 Å². The van der Waals surface area contributed by atoms with Crippen LogP contribution in [-0.2, 0) is 6.54 Å². The molecule has 1 fully saturated rings. The zero-order valence-electron chi connectivity index (χ0n) is 18.9. The average molecular weight is 421 g/mol. The molecule has 6 nitrogen and oxygen atoms in total. The highest BCUT2D eigenvalue weighted by molar-refractivity contribution is 5.82. The third-order valence-electron chi connectivity index (χ3n) is 6.05. The number of hydrogen-bond donors (Lipinski definition) is 1. The molecule has 0 saturated carbocycles. The number of rotatable bonds is 6. The summed E-state index contributed by atoms with van der Waals surface area (Å²) in [6.45, 7) is 6.92. The number of anilines is 1. The third kappa shape index (κ3) is 5.07. The van der Waals surface area contributed by atoms with Crippen molar-refractivity contribution in [3.8, 4) is 11.5 Å². The Kier molecular flexibility index (Phi) is 6.56. The van der Waals surface area contributed by atoms with Crippen molar-refractivity contribution in [2.75, 3.05) is 32.2 Å². The summed E-state index contributed by atoms with van der Waals surface area (Å²) in [4.78, 5) is 12.0. The highest BCUT2D eigenvalue weighted by Gasteiger charge is 2.19. The number of aromatic nitrogens is 2. The predicted octanol–water partition coefficient (Wildman–Crippen LogP) is 4.41. The van der Waals surface area contributed by atoms with Crippen LogP contribution < -0.4 is 19.7 Å². The summed E-state index contributed by atoms with van der Waals surface area (Å²) in [7, 11) is 3.37. The largest absolute Gasteiger partial charge is 0.497 e. The van der Waals surface area contributed by atoms with Crippen molar-refractivity contribution >= 4 is 16.9 Å². The van der Waals surface area contributed by atoms with E-state index in [1.807, 2.05) is 6.07 Å². The number of nitrogens with one attached hydrogen (secondary N) is 1. The van der Waals surface area contributed by atoms with Crippen LogP contribution in [-0.4, -0.2) is 43.3 Å². The topological polar surface area (TPSA) is 59.5 Å². The lowest BCUT2D eigenvalue weighted by atomic mass is 10.1. The highest BCUT2D eigenvalue weighted by atomic mass is 16.5. The zero-order chi connectivity index (χ0) is 21.8. The van der Waals surface area contributed by atoms with Gasteiger partial charge in [-0.2, -0.15) is 0 Å². The molecular formula is C25H32N4O2. The minimum Gasteiger partial charge on any atom is -0.497 e. The van der Waals surface area contributed by atoms with Gasteiger partial charge in [0.1, 0.15) is 11.5 Å². The highest BCUT2D eigenvalue weighted by Crippen LogP contribution is 2.24. The Labute approximate surface area is 184 Å². The molecule has 1 aromatic heterocycles. The van der Waals surface area contributed by atoms with E-state index in [2.05, 4.69) is 54.4 Å². The van der Waals surface area contributed by atoms with E-state index in [0.29, 0.717) is 6.04 Å². The fourth-order valence-electron chi connectivity index (χ4n) is 4.26. The second-order valence-electron chi connectivity index (χ2n) is 8.35. The first-order valence-corrected chi connectivity index (χ1v) is 11.0. The van der Waals surface area contributed by atoms with Crippen LogP contribution in [0.4, 0.5) is 5.95 Å². The van der Waals surface area contributed by atoms with E-state index in [-0.39, 0.29) is 0 Å². The molecule has 1 unspecified atom stereocenters. The first-order chi connectivity index (χ1) is 15.1. The maximum absolute atomic E-state index is 5.39. The number of methoxy groups -OCH3 is 2. The van der Waals surface area contributed by atoms with Crippen LogP contribution in [0.3, 0.4) is 0 Å². The Balaban J connectivity index is 1.41. The first kappa shape index (κ1) is 21.4. The predicted molar refractivity (Wildman–Crippen MR) is 125 cm³/mol. The Hall–Kier alpha value is -2.86. The molecule has 2 aromatic carbocycles. The minimum absolute atomic E-state index is 0.464. The van der Waals surface area contributed by atoms with E-state index >= 15 is 0 Å². The van der Waals surface area contributed by atoms with Gasteiger partial charge in [0.15, 0.2) is 0 Å². The van der Waals surface area contributed by atoms with Crippen LogP contribution in [0.2, 0.25) is 0 Å². The van der Waals surface area contributed by atoms with Crippen LogP contribution in [0, 0.1) is 13.8 Å². The molecule has 2 heterocycles. The van der Waals surface area contributed by atoms with Gasteiger partial charge in [-0.3, -0.25) is 0 Å². The molecule has 1 saturated heterocycles. The maximum atomic E-state index is 5.39. The lowest BCUT2D eigenvalue weighted by molar-refractivity contribution is 0.392. The fourth-order valence-corrected chi connectivity index (χ4v) is 4.26. The number of ether oxygens (including phenoxy) is 2. The molecule has 0 bridgehead atoms. The number of benzene rings is 2. The van der Waals surface area contributed by atoms with E-state index in [9.17, 15) is 0 Å². The molecule has 0 spiro atoms. The Morgan fingerprint density at radius 3 is 2.48 bits per heavy atom. The number of fused-ring (bicyclic) bond motifs is 1. The molecule has 1 aliphatic heterocycles. The fraction of sp³-hybridized carbons (Fsp3) is 0.440. The lowest BCUT2D eigenvalue weighted by Gasteiger charge is -2.22. The lowest BCUT2D eigenvalue weighted by Crippen LogP contribution is -2.31. The molecule has 164 valence electrons. The van der Waals surface area contributed by atoms with E-state index in [4.69, 9.17) is 19.4 Å². The molecule has 0 amide bonds. The Morgan fingerprint density at radius 2 is 1.74 bits per heavy atom. The first-order valence-electron chi connectivity index (χ1n) is 11.0. The summed E-state index contributed by atoms with van der Waals surface area (Å²) in [5, 5.41) is 4.86. The summed E-state index contributed by atoms with van der Waals surface area (Å²) in [5.74, 6) is 2.50. The van der Waals surface area contributed by atoms with Gasteiger partial charge in [-0.15, -0.1) is 0 Å². The quantitative estimate of drug-likeness (QED) is 0.637. The van der Waals surface area contributed by atoms with Gasteiger partial charge in [-0.1, -0.05) is 12.1 Å². The average Bonchev–Trinajstić information content (AvgIpc) is 3.02. The van der Waals surface area contributed by atoms with Gasteiger partial charge in [-0.25, -0.2) is 9.97 Å². The van der Waals surface area contributed by atoms with Crippen LogP contribution in [0.5, 0.6) is 11.5 Å². The summed E-state index contributed by atoms with van der Waals surface area (Å²) in [6, 6.07) is 12.9. The van der Waals surface area contributed by atoms with E-state index in [0.717, 1.165) is 72.9 Å². The molecule has 4 rings (SSSR count). The van der Waals surface area contributed by atoms with Crippen molar-refractivity contribution in [3.05, 3.63) is 53.2 Å². The SMILES string of the molecule is COc1cc(CNC2CCCN(c3nc(C)c4ccc(C)cc4n3)CC2)cc(OC)c1. The monoisotopic (exact) mass is 420 g/mol. The second-order valence-corrected chi connectivity index (χ2v) is 8.35. The van der Waals surface area contributed by atoms with Crippen molar-refractivity contribution in [1.82, 2.24) is 15.3 Å². The van der Waals surface area contributed by atoms with Crippen LogP contribution in [0.15, 0.2) is 36.4 Å². The molecule has 1 atom stereocenters. The van der Waals surface area contributed by atoms with Gasteiger partial charge in [0.2, 0.25) is 5.95 Å². The van der Waals surface area contributed by atoms with Crippen LogP contribution >= 0.6 is 0 Å². The van der Waals surface area contributed by atoms with Gasteiger partial charge >= 0.3 is 0 Å². The molecular weight excluding hydrogens is 388 g/mol. The number of aryl methyl sites for hydroxylation is 2. The molecule has 3 aromatic rings. The molecule has 1 N–H and O–H groups in total. The summed E-state index contributed by atoms with van der Waals surface area (Å²) in [5.41, 5.74) is 4.48. The van der Waals surface area contributed by atoms with Crippen molar-refractivity contribution in [2.24, 2.45) is 0 Å². The van der Waals surface area contributed by atoms with Gasteiger partial charge < -0.3 is 19.7 Å². The van der Waals surface area contributed by atoms with Crippen molar-refractivity contribution in [1.29, 1.82) is 0 Å². The number of hydrogen-bond acceptors (Lipinski definition) is 6. The maximum Gasteiger partial charge on any atom is 0.226 e. The van der Waals surface area contributed by atoms with Crippen molar-refractivity contribution in [3.63, 3.8) is 0 Å². The molecule has 0 radical (unpaired) electrons. The zero-order valence-corrected chi connectivity index (χ0v) is 18.9. The van der Waals surface area contributed by atoms with Gasteiger partial charge in [0.25, 0.3) is 0 Å². The standard InChI is InChI=1S/C25H32N4O2/c1-17-7-8-23-18(2)27-25(28-24(23)12-17)29-10-5-6-20(9-11-29)26-16-19-13-21(30-3)15-22(14-19)31-4/h7-8,12-15,20,26H,5-6,9-11,16H2,1-4H3. The summed E-state index contributed by atoms with van der Waals surface area (Å²) < 4.78 is 10.8. The molecule has 1 aliphatic rings. The third-order valence-corrected chi connectivity index (χ3v) is 6.05. The summed E-state index contributed by atoms with van der Waals surface area (Å²) in [6.07, 6.45) is 3.33. The van der Waals surface area contributed by atoms with E-state index in [1.54, 1.807) is 14.2 Å². The smallest absolute Gasteiger partial charge is 0.226 e. The van der Waals surface area contributed by atoms with Crippen LogP contribution in [0.25, 0.3) is 10.9 Å². The van der Waals surface area contributed by atoms with E-state index < -0.39 is 0 Å². The van der Waals surface area contributed by atoms with Crippen LogP contribution in [0.1, 0.15) is 36.1 Å². The normalized spacial score (nSPS) is 16.9. The Morgan fingerprint density at radius 1 is 0.968 bits per heavy atom. The molecule has 6 heteroatoms. The van der Waals surface area contributed by atoms with Crippen molar-refractivity contribution < 1.29 is 9.47 Å². The van der Waals surface area contributed by atoms with Crippen molar-refractivity contribution in [2.45, 2.75) is 45.7 Å². The van der Waals surface area contributed by atoms with E-state index in [1.165, 1.54) is 11.1 Å². The minimum atomic E-state index is 0.464. The summed E-state index contributed by atoms with van der Waals surface area (Å²) >= 11 is 0. The van der Waals surface area contributed by atoms with Gasteiger partial charge in [-0.05, 0) is 62.4 Å².